The number of aliphatic carboxylic acids is 1. The van der Waals surface area contributed by atoms with Crippen LogP contribution in [0.5, 0.6) is 11.5 Å². The summed E-state index contributed by atoms with van der Waals surface area (Å²) in [7, 11) is 0. The van der Waals surface area contributed by atoms with Crippen molar-refractivity contribution in [2.24, 2.45) is 0 Å². The number of aromatic hydroxyl groups is 2. The van der Waals surface area contributed by atoms with E-state index in [-0.39, 0.29) is 5.75 Å². The summed E-state index contributed by atoms with van der Waals surface area (Å²) in [4.78, 5) is 22.9. The molecule has 0 unspecified atom stereocenters. The summed E-state index contributed by atoms with van der Waals surface area (Å²) in [6.07, 6.45) is -0.854. The van der Waals surface area contributed by atoms with E-state index < -0.39 is 53.8 Å². The van der Waals surface area contributed by atoms with Gasteiger partial charge in [-0.15, -0.1) is 0 Å². The third-order valence-corrected chi connectivity index (χ3v) is 3.62. The number of carboxylic acids is 1. The first-order valence-electron chi connectivity index (χ1n) is 7.10. The number of carbonyl (C=O) groups excluding carboxylic acids is 1. The van der Waals surface area contributed by atoms with Gasteiger partial charge in [0, 0.05) is 18.9 Å². The fourth-order valence-corrected chi connectivity index (χ4v) is 2.25. The molecule has 0 amide bonds. The molecule has 25 heavy (non-hydrogen) atoms. The van der Waals surface area contributed by atoms with Gasteiger partial charge >= 0.3 is 11.9 Å². The zero-order valence-corrected chi connectivity index (χ0v) is 12.8. The summed E-state index contributed by atoms with van der Waals surface area (Å²) in [5.41, 5.74) is -2.01. The molecule has 1 aromatic rings. The molecule has 2 atom stereocenters. The number of ether oxygens (including phenoxy) is 1. The molecule has 9 heteroatoms. The molecule has 9 nitrogen and oxygen atoms in total. The van der Waals surface area contributed by atoms with Gasteiger partial charge in [-0.05, 0) is 23.8 Å². The zero-order chi connectivity index (χ0) is 18.8. The second kappa shape index (κ2) is 6.83. The molecule has 0 bridgehead atoms. The van der Waals surface area contributed by atoms with Gasteiger partial charge < -0.3 is 35.4 Å². The van der Waals surface area contributed by atoms with Crippen LogP contribution in [0.15, 0.2) is 35.8 Å². The maximum atomic E-state index is 11.8. The molecule has 0 aromatic heterocycles. The van der Waals surface area contributed by atoms with Crippen molar-refractivity contribution in [1.29, 1.82) is 0 Å². The van der Waals surface area contributed by atoms with Crippen LogP contribution in [0.3, 0.4) is 0 Å². The van der Waals surface area contributed by atoms with E-state index in [1.54, 1.807) is 0 Å². The summed E-state index contributed by atoms with van der Waals surface area (Å²) in [5.74, 6) is -4.63. The monoisotopic (exact) mass is 352 g/mol. The van der Waals surface area contributed by atoms with Crippen molar-refractivity contribution >= 4 is 18.0 Å². The van der Waals surface area contributed by atoms with Crippen molar-refractivity contribution in [2.45, 2.75) is 24.5 Å². The average molecular weight is 352 g/mol. The van der Waals surface area contributed by atoms with Crippen LogP contribution >= 0.6 is 0 Å². The van der Waals surface area contributed by atoms with Crippen LogP contribution in [0.25, 0.3) is 6.08 Å². The highest BCUT2D eigenvalue weighted by Gasteiger charge is 2.46. The number of benzene rings is 1. The predicted molar refractivity (Wildman–Crippen MR) is 82.4 cm³/mol. The lowest BCUT2D eigenvalue weighted by atomic mass is 9.85. The van der Waals surface area contributed by atoms with Crippen LogP contribution in [-0.2, 0) is 14.3 Å². The van der Waals surface area contributed by atoms with Crippen molar-refractivity contribution < 1.29 is 45.0 Å². The number of carboxylic acid groups (broad SMARTS) is 1. The van der Waals surface area contributed by atoms with Crippen molar-refractivity contribution in [1.82, 2.24) is 0 Å². The Morgan fingerprint density at radius 2 is 1.88 bits per heavy atom. The van der Waals surface area contributed by atoms with Crippen LogP contribution < -0.4 is 0 Å². The summed E-state index contributed by atoms with van der Waals surface area (Å²) in [5, 5.41) is 56.8. The van der Waals surface area contributed by atoms with E-state index in [1.807, 2.05) is 0 Å². The average Bonchev–Trinajstić information content (AvgIpc) is 2.53. The number of phenolic OH excluding ortho intramolecular Hbond substituents is 2. The molecule has 0 fully saturated rings. The largest absolute Gasteiger partial charge is 0.506 e. The Kier molecular flexibility index (Phi) is 5.00. The fraction of sp³-hybridized carbons (Fsp3) is 0.250. The van der Waals surface area contributed by atoms with Gasteiger partial charge in [0.2, 0.25) is 0 Å². The highest BCUT2D eigenvalue weighted by molar-refractivity contribution is 5.88. The summed E-state index contributed by atoms with van der Waals surface area (Å²) >= 11 is 0. The summed E-state index contributed by atoms with van der Waals surface area (Å²) in [6, 6.07) is 3.80. The molecule has 6 N–H and O–H groups in total. The van der Waals surface area contributed by atoms with E-state index in [9.17, 15) is 35.1 Å². The molecule has 1 aliphatic rings. The van der Waals surface area contributed by atoms with Crippen LogP contribution in [0.4, 0.5) is 0 Å². The first kappa shape index (κ1) is 18.3. The molecule has 0 spiro atoms. The lowest BCUT2D eigenvalue weighted by Crippen LogP contribution is -2.46. The topological polar surface area (TPSA) is 165 Å². The number of rotatable bonds is 4. The highest BCUT2D eigenvalue weighted by atomic mass is 16.5. The molecular weight excluding hydrogens is 336 g/mol. The van der Waals surface area contributed by atoms with Crippen molar-refractivity contribution in [3.05, 3.63) is 41.4 Å². The van der Waals surface area contributed by atoms with Crippen molar-refractivity contribution in [3.63, 3.8) is 0 Å². The second-order valence-corrected chi connectivity index (χ2v) is 5.54. The van der Waals surface area contributed by atoms with E-state index >= 15 is 0 Å². The Labute approximate surface area is 141 Å². The van der Waals surface area contributed by atoms with E-state index in [0.717, 1.165) is 6.08 Å². The molecule has 0 radical (unpaired) electrons. The molecule has 134 valence electrons. The minimum atomic E-state index is -2.37. The summed E-state index contributed by atoms with van der Waals surface area (Å²) in [6.45, 7) is 0. The highest BCUT2D eigenvalue weighted by Crippen LogP contribution is 2.33. The SMILES string of the molecule is O=C(/C=C/c1ccc(O)c(O)c1)OC1=C(O)[C@H](O)C[C@@](O)(C(=O)O)C1. The molecule has 1 aromatic carbocycles. The molecule has 0 saturated carbocycles. The van der Waals surface area contributed by atoms with Gasteiger partial charge in [0.05, 0.1) is 0 Å². The first-order valence-corrected chi connectivity index (χ1v) is 7.10. The Morgan fingerprint density at radius 1 is 1.20 bits per heavy atom. The number of carbonyl (C=O) groups is 2. The van der Waals surface area contributed by atoms with Crippen LogP contribution in [0.1, 0.15) is 18.4 Å². The Morgan fingerprint density at radius 3 is 2.48 bits per heavy atom. The van der Waals surface area contributed by atoms with Gasteiger partial charge in [-0.1, -0.05) is 6.07 Å². The number of hydrogen-bond acceptors (Lipinski definition) is 8. The molecule has 2 rings (SSSR count). The molecular formula is C16H16O9. The van der Waals surface area contributed by atoms with Crippen LogP contribution in [0.2, 0.25) is 0 Å². The van der Waals surface area contributed by atoms with Crippen LogP contribution in [-0.4, -0.2) is 54.3 Å². The minimum absolute atomic E-state index is 0.334. The second-order valence-electron chi connectivity index (χ2n) is 5.54. The van der Waals surface area contributed by atoms with Crippen molar-refractivity contribution in [2.75, 3.05) is 0 Å². The number of hydrogen-bond donors (Lipinski definition) is 6. The summed E-state index contributed by atoms with van der Waals surface area (Å²) < 4.78 is 4.80. The number of aliphatic hydroxyl groups is 3. The third-order valence-electron chi connectivity index (χ3n) is 3.62. The van der Waals surface area contributed by atoms with E-state index in [4.69, 9.17) is 9.84 Å². The number of aliphatic hydroxyl groups excluding tert-OH is 2. The lowest BCUT2D eigenvalue weighted by Gasteiger charge is -2.31. The predicted octanol–water partition coefficient (Wildman–Crippen LogP) is 0.394. The van der Waals surface area contributed by atoms with E-state index in [1.165, 1.54) is 24.3 Å². The van der Waals surface area contributed by atoms with Crippen LogP contribution in [0, 0.1) is 0 Å². The van der Waals surface area contributed by atoms with Gasteiger partial charge in [-0.25, -0.2) is 9.59 Å². The Balaban J connectivity index is 2.13. The van der Waals surface area contributed by atoms with Gasteiger partial charge in [0.15, 0.2) is 28.6 Å². The normalized spacial score (nSPS) is 23.7. The Bertz CT molecular complexity index is 765. The third kappa shape index (κ3) is 4.08. The van der Waals surface area contributed by atoms with Crippen molar-refractivity contribution in [3.8, 4) is 11.5 Å². The van der Waals surface area contributed by atoms with E-state index in [0.29, 0.717) is 5.56 Å². The quantitative estimate of drug-likeness (QED) is 0.255. The number of phenols is 2. The smallest absolute Gasteiger partial charge is 0.336 e. The molecule has 1 aliphatic carbocycles. The molecule has 0 heterocycles. The maximum absolute atomic E-state index is 11.8. The Hall–Kier alpha value is -3.04. The zero-order valence-electron chi connectivity index (χ0n) is 12.8. The minimum Gasteiger partial charge on any atom is -0.506 e. The van der Waals surface area contributed by atoms with Gasteiger partial charge in [0.1, 0.15) is 6.10 Å². The lowest BCUT2D eigenvalue weighted by molar-refractivity contribution is -0.165. The maximum Gasteiger partial charge on any atom is 0.336 e. The molecule has 0 saturated heterocycles. The fourth-order valence-electron chi connectivity index (χ4n) is 2.25. The van der Waals surface area contributed by atoms with E-state index in [2.05, 4.69) is 0 Å². The van der Waals surface area contributed by atoms with Gasteiger partial charge in [0.25, 0.3) is 0 Å². The van der Waals surface area contributed by atoms with Gasteiger partial charge in [-0.2, -0.15) is 0 Å². The standard InChI is InChI=1S/C16H16O9/c17-9-3-1-8(5-10(9)18)2-4-13(20)25-12-7-16(24,15(22)23)6-11(19)14(12)21/h1-5,11,17-19,21,24H,6-7H2,(H,22,23)/b4-2+/t11-,16+/m1/s1. The number of esters is 1. The van der Waals surface area contributed by atoms with Gasteiger partial charge in [-0.3, -0.25) is 0 Å². The molecule has 0 aliphatic heterocycles. The first-order chi connectivity index (χ1) is 11.6.